The molecule has 1 aromatic carbocycles. The molecule has 3 rings (SSSR count). The smallest absolute Gasteiger partial charge is 0.227 e. The van der Waals surface area contributed by atoms with Gasteiger partial charge in [0.15, 0.2) is 0 Å². The van der Waals surface area contributed by atoms with Gasteiger partial charge < -0.3 is 15.1 Å². The van der Waals surface area contributed by atoms with Crippen molar-refractivity contribution >= 4 is 35.2 Å². The third kappa shape index (κ3) is 5.07. The Morgan fingerprint density at radius 3 is 2.64 bits per heavy atom. The summed E-state index contributed by atoms with van der Waals surface area (Å²) < 4.78 is 0. The van der Waals surface area contributed by atoms with Crippen LogP contribution in [0.15, 0.2) is 29.2 Å². The van der Waals surface area contributed by atoms with Crippen LogP contribution in [0.25, 0.3) is 0 Å². The van der Waals surface area contributed by atoms with E-state index in [4.69, 9.17) is 0 Å². The summed E-state index contributed by atoms with van der Waals surface area (Å²) in [4.78, 5) is 41.8. The first kappa shape index (κ1) is 20.7. The predicted octanol–water partition coefficient (Wildman–Crippen LogP) is 2.53. The first-order valence-electron chi connectivity index (χ1n) is 9.98. The maximum Gasteiger partial charge on any atom is 0.227 e. The van der Waals surface area contributed by atoms with Gasteiger partial charge in [-0.05, 0) is 49.3 Å². The molecule has 2 atom stereocenters. The lowest BCUT2D eigenvalue weighted by Gasteiger charge is -2.31. The van der Waals surface area contributed by atoms with Crippen LogP contribution >= 0.6 is 11.8 Å². The lowest BCUT2D eigenvalue weighted by Crippen LogP contribution is -2.41. The summed E-state index contributed by atoms with van der Waals surface area (Å²) in [5, 5.41) is 2.85. The lowest BCUT2D eigenvalue weighted by atomic mass is 10.00. The second-order valence-corrected chi connectivity index (χ2v) is 8.61. The van der Waals surface area contributed by atoms with Gasteiger partial charge in [-0.2, -0.15) is 0 Å². The molecule has 2 saturated heterocycles. The summed E-state index contributed by atoms with van der Waals surface area (Å²) in [7, 11) is 0. The van der Waals surface area contributed by atoms with E-state index in [-0.39, 0.29) is 30.1 Å². The van der Waals surface area contributed by atoms with E-state index in [1.165, 1.54) is 6.42 Å². The first-order chi connectivity index (χ1) is 13.5. The van der Waals surface area contributed by atoms with Crippen molar-refractivity contribution in [2.24, 2.45) is 11.8 Å². The van der Waals surface area contributed by atoms with Crippen LogP contribution in [0.2, 0.25) is 0 Å². The third-order valence-electron chi connectivity index (χ3n) is 5.53. The molecule has 3 amide bonds. The number of benzene rings is 1. The van der Waals surface area contributed by atoms with Gasteiger partial charge in [-0.15, -0.1) is 11.8 Å². The molecule has 1 aromatic rings. The first-order valence-corrected chi connectivity index (χ1v) is 11.2. The van der Waals surface area contributed by atoms with Crippen molar-refractivity contribution in [1.29, 1.82) is 0 Å². The van der Waals surface area contributed by atoms with Crippen LogP contribution in [0.4, 0.5) is 5.69 Å². The van der Waals surface area contributed by atoms with Gasteiger partial charge in [0.25, 0.3) is 0 Å². The maximum absolute atomic E-state index is 12.5. The average Bonchev–Trinajstić information content (AvgIpc) is 3.09. The SMILES string of the molecule is CSc1ccc(N2CC(C(=O)NCCC(=O)N3CCCC(C)C3)CC2=O)cc1. The molecule has 2 heterocycles. The van der Waals surface area contributed by atoms with Gasteiger partial charge >= 0.3 is 0 Å². The minimum absolute atomic E-state index is 0.0320. The number of hydrogen-bond donors (Lipinski definition) is 1. The van der Waals surface area contributed by atoms with Crippen LogP contribution in [-0.4, -0.2) is 55.1 Å². The standard InChI is InChI=1S/C21H29N3O3S/c1-15-4-3-11-23(13-15)19(25)9-10-22-21(27)16-12-20(26)24(14-16)17-5-7-18(28-2)8-6-17/h5-8,15-16H,3-4,9-14H2,1-2H3,(H,22,27). The molecule has 152 valence electrons. The molecule has 2 unspecified atom stereocenters. The van der Waals surface area contributed by atoms with Crippen molar-refractivity contribution in [3.05, 3.63) is 24.3 Å². The number of nitrogens with one attached hydrogen (secondary N) is 1. The van der Waals surface area contributed by atoms with Gasteiger partial charge in [-0.1, -0.05) is 6.92 Å². The van der Waals surface area contributed by atoms with Crippen LogP contribution in [0.3, 0.4) is 0 Å². The van der Waals surface area contributed by atoms with Crippen molar-refractivity contribution in [1.82, 2.24) is 10.2 Å². The topological polar surface area (TPSA) is 69.7 Å². The van der Waals surface area contributed by atoms with Gasteiger partial charge in [0.1, 0.15) is 0 Å². The molecule has 2 aliphatic rings. The highest BCUT2D eigenvalue weighted by atomic mass is 32.2. The summed E-state index contributed by atoms with van der Waals surface area (Å²) in [6.07, 6.45) is 4.77. The number of anilines is 1. The van der Waals surface area contributed by atoms with E-state index in [1.54, 1.807) is 16.7 Å². The fraction of sp³-hybridized carbons (Fsp3) is 0.571. The zero-order valence-corrected chi connectivity index (χ0v) is 17.5. The minimum atomic E-state index is -0.363. The minimum Gasteiger partial charge on any atom is -0.355 e. The highest BCUT2D eigenvalue weighted by Gasteiger charge is 2.35. The molecular weight excluding hydrogens is 374 g/mol. The van der Waals surface area contributed by atoms with Crippen LogP contribution in [0.1, 0.15) is 32.6 Å². The molecule has 1 N–H and O–H groups in total. The summed E-state index contributed by atoms with van der Waals surface area (Å²) in [6.45, 7) is 4.52. The van der Waals surface area contributed by atoms with E-state index in [0.717, 1.165) is 30.1 Å². The van der Waals surface area contributed by atoms with Crippen molar-refractivity contribution in [3.63, 3.8) is 0 Å². The Labute approximate surface area is 171 Å². The molecule has 2 fully saturated rings. The summed E-state index contributed by atoms with van der Waals surface area (Å²) in [6, 6.07) is 7.80. The van der Waals surface area contributed by atoms with Crippen molar-refractivity contribution in [2.75, 3.05) is 37.3 Å². The Kier molecular flexibility index (Phi) is 6.99. The number of amides is 3. The largest absolute Gasteiger partial charge is 0.355 e. The Hall–Kier alpha value is -2.02. The summed E-state index contributed by atoms with van der Waals surface area (Å²) in [5.41, 5.74) is 0.826. The maximum atomic E-state index is 12.5. The summed E-state index contributed by atoms with van der Waals surface area (Å²) in [5.74, 6) is 0.113. The Morgan fingerprint density at radius 1 is 1.21 bits per heavy atom. The Bertz CT molecular complexity index is 722. The average molecular weight is 404 g/mol. The molecule has 7 heteroatoms. The van der Waals surface area contributed by atoms with Crippen molar-refractivity contribution < 1.29 is 14.4 Å². The third-order valence-corrected chi connectivity index (χ3v) is 6.27. The van der Waals surface area contributed by atoms with Crippen molar-refractivity contribution in [3.8, 4) is 0 Å². The van der Waals surface area contributed by atoms with E-state index in [2.05, 4.69) is 12.2 Å². The van der Waals surface area contributed by atoms with Gasteiger partial charge in [0, 0.05) is 49.6 Å². The number of likely N-dealkylation sites (tertiary alicyclic amines) is 1. The fourth-order valence-electron chi connectivity index (χ4n) is 3.91. The van der Waals surface area contributed by atoms with Crippen LogP contribution in [0.5, 0.6) is 0 Å². The highest BCUT2D eigenvalue weighted by Crippen LogP contribution is 2.27. The van der Waals surface area contributed by atoms with Gasteiger partial charge in [0.05, 0.1) is 5.92 Å². The van der Waals surface area contributed by atoms with E-state index in [0.29, 0.717) is 25.4 Å². The van der Waals surface area contributed by atoms with Crippen LogP contribution in [0, 0.1) is 11.8 Å². The zero-order chi connectivity index (χ0) is 20.1. The number of rotatable bonds is 6. The molecular formula is C21H29N3O3S. The second kappa shape index (κ2) is 9.45. The number of nitrogens with zero attached hydrogens (tertiary/aromatic N) is 2. The molecule has 6 nitrogen and oxygen atoms in total. The van der Waals surface area contributed by atoms with E-state index in [1.807, 2.05) is 35.4 Å². The van der Waals surface area contributed by atoms with E-state index >= 15 is 0 Å². The Balaban J connectivity index is 1.45. The second-order valence-electron chi connectivity index (χ2n) is 7.73. The monoisotopic (exact) mass is 403 g/mol. The molecule has 0 bridgehead atoms. The predicted molar refractivity (Wildman–Crippen MR) is 111 cm³/mol. The number of hydrogen-bond acceptors (Lipinski definition) is 4. The quantitative estimate of drug-likeness (QED) is 0.741. The lowest BCUT2D eigenvalue weighted by molar-refractivity contribution is -0.133. The van der Waals surface area contributed by atoms with Gasteiger partial charge in [0.2, 0.25) is 17.7 Å². The molecule has 0 spiro atoms. The molecule has 28 heavy (non-hydrogen) atoms. The van der Waals surface area contributed by atoms with E-state index < -0.39 is 0 Å². The number of piperidine rings is 1. The van der Waals surface area contributed by atoms with E-state index in [9.17, 15) is 14.4 Å². The molecule has 0 aromatic heterocycles. The fourth-order valence-corrected chi connectivity index (χ4v) is 4.31. The molecule has 0 saturated carbocycles. The summed E-state index contributed by atoms with van der Waals surface area (Å²) >= 11 is 1.65. The number of carbonyl (C=O) groups excluding carboxylic acids is 3. The molecule has 2 aliphatic heterocycles. The number of carbonyl (C=O) groups is 3. The normalized spacial score (nSPS) is 22.4. The van der Waals surface area contributed by atoms with Crippen LogP contribution < -0.4 is 10.2 Å². The van der Waals surface area contributed by atoms with Crippen molar-refractivity contribution in [2.45, 2.75) is 37.5 Å². The molecule has 0 radical (unpaired) electrons. The Morgan fingerprint density at radius 2 is 1.96 bits per heavy atom. The highest BCUT2D eigenvalue weighted by molar-refractivity contribution is 7.98. The van der Waals surface area contributed by atoms with Crippen LogP contribution in [-0.2, 0) is 14.4 Å². The van der Waals surface area contributed by atoms with Gasteiger partial charge in [-0.25, -0.2) is 0 Å². The molecule has 0 aliphatic carbocycles. The van der Waals surface area contributed by atoms with Gasteiger partial charge in [-0.3, -0.25) is 14.4 Å². The number of thioether (sulfide) groups is 1. The zero-order valence-electron chi connectivity index (χ0n) is 16.6.